The average Bonchev–Trinajstić information content (AvgIpc) is 3.64. The van der Waals surface area contributed by atoms with Crippen LogP contribution in [0.4, 0.5) is 14.9 Å². The number of nitro benzene ring substituents is 1. The summed E-state index contributed by atoms with van der Waals surface area (Å²) in [7, 11) is 1.49. The molecule has 6 unspecified atom stereocenters. The molecule has 1 saturated carbocycles. The van der Waals surface area contributed by atoms with E-state index in [4.69, 9.17) is 33.7 Å². The molecule has 4 aromatic carbocycles. The fourth-order valence-corrected chi connectivity index (χ4v) is 11.5. The zero-order chi connectivity index (χ0) is 55.3. The van der Waals surface area contributed by atoms with Crippen molar-refractivity contribution < 1.29 is 57.6 Å². The van der Waals surface area contributed by atoms with Gasteiger partial charge < -0.3 is 38.7 Å². The molecule has 0 bridgehead atoms. The summed E-state index contributed by atoms with van der Waals surface area (Å²) in [6, 6.07) is 21.7. The Morgan fingerprint density at radius 2 is 1.54 bits per heavy atom. The van der Waals surface area contributed by atoms with Gasteiger partial charge in [-0.3, -0.25) is 19.8 Å². The van der Waals surface area contributed by atoms with Gasteiger partial charge in [0.15, 0.2) is 6.29 Å². The Kier molecular flexibility index (Phi) is 22.7. The topological polar surface area (TPSA) is 189 Å². The molecule has 1 heterocycles. The van der Waals surface area contributed by atoms with Crippen LogP contribution in [0, 0.1) is 33.7 Å². The predicted molar refractivity (Wildman–Crippen MR) is 296 cm³/mol. The molecule has 0 spiro atoms. The minimum atomic E-state index is -1.63. The number of non-ortho nitro benzene ring substituents is 1. The van der Waals surface area contributed by atoms with Crippen LogP contribution in [0.3, 0.4) is 0 Å². The molecule has 7 rings (SSSR count). The highest BCUT2D eigenvalue weighted by Gasteiger charge is 2.65. The van der Waals surface area contributed by atoms with Crippen molar-refractivity contribution in [2.45, 2.75) is 147 Å². The maximum Gasteiger partial charge on any atom is 0.410 e. The van der Waals surface area contributed by atoms with Crippen LogP contribution in [-0.2, 0) is 27.5 Å². The van der Waals surface area contributed by atoms with Gasteiger partial charge >= 0.3 is 6.09 Å². The first kappa shape index (κ1) is 59.0. The number of halogens is 1. The number of rotatable bonds is 33. The Morgan fingerprint density at radius 1 is 0.872 bits per heavy atom. The second kappa shape index (κ2) is 29.9. The molecule has 2 N–H and O–H groups in total. The van der Waals surface area contributed by atoms with Gasteiger partial charge in [-0.1, -0.05) is 107 Å². The molecule has 1 aliphatic heterocycles. The summed E-state index contributed by atoms with van der Waals surface area (Å²) in [5.74, 6) is -1.53. The number of unbranched alkanes of at least 4 members (excludes halogenated alkanes) is 11. The number of aliphatic hydroxyl groups excluding tert-OH is 2. The lowest BCUT2D eigenvalue weighted by Crippen LogP contribution is -2.70. The Bertz CT molecular complexity index is 2640. The van der Waals surface area contributed by atoms with E-state index in [0.717, 1.165) is 36.8 Å². The zero-order valence-electron chi connectivity index (χ0n) is 45.4. The van der Waals surface area contributed by atoms with E-state index in [1.807, 2.05) is 12.1 Å². The molecule has 1 fully saturated rings. The number of nitro groups is 1. The molecule has 0 radical (unpaired) electrons. The quantitative estimate of drug-likeness (QED) is 0.0151. The highest BCUT2D eigenvalue weighted by molar-refractivity contribution is 6.03. The largest absolute Gasteiger partial charge is 0.496 e. The number of fused-ring (bicyclic) bond motifs is 2. The molecule has 0 saturated heterocycles. The monoisotopic (exact) mass is 1080 g/mol. The fraction of sp³-hybridized carbons (Fsp3) is 0.500. The number of carbonyl (C=O) groups excluding carboxylic acids is 2. The molecule has 78 heavy (non-hydrogen) atoms. The summed E-state index contributed by atoms with van der Waals surface area (Å²) in [5.41, 5.74) is 3.68. The minimum absolute atomic E-state index is 0.00821. The van der Waals surface area contributed by atoms with Crippen LogP contribution in [-0.4, -0.2) is 83.5 Å². The number of benzene rings is 4. The summed E-state index contributed by atoms with van der Waals surface area (Å²) in [6.07, 6.45) is 19.1. The van der Waals surface area contributed by atoms with Gasteiger partial charge in [0.2, 0.25) is 5.79 Å². The first-order chi connectivity index (χ1) is 38.1. The van der Waals surface area contributed by atoms with E-state index in [9.17, 15) is 29.5 Å². The summed E-state index contributed by atoms with van der Waals surface area (Å²) in [6.45, 7) is 6.49. The van der Waals surface area contributed by atoms with Crippen LogP contribution in [0.25, 0.3) is 0 Å². The number of nitrogens with zero attached hydrogens (tertiary/aromatic N) is 3. The van der Waals surface area contributed by atoms with Gasteiger partial charge in [-0.15, -0.1) is 6.58 Å². The van der Waals surface area contributed by atoms with Gasteiger partial charge in [0, 0.05) is 49.8 Å². The number of carbonyl (C=O) groups is 2. The molecule has 420 valence electrons. The van der Waals surface area contributed by atoms with Gasteiger partial charge in [0.1, 0.15) is 41.5 Å². The average molecular weight is 1080 g/mol. The molecule has 4 aromatic rings. The molecule has 2 aliphatic carbocycles. The van der Waals surface area contributed by atoms with Crippen LogP contribution >= 0.6 is 0 Å². The first-order valence-corrected chi connectivity index (χ1v) is 28.0. The molecule has 3 aliphatic rings. The zero-order valence-corrected chi connectivity index (χ0v) is 45.4. The second-order valence-corrected chi connectivity index (χ2v) is 20.6. The standard InChI is InChI=1S/C62H78FN3O12/c1-4-6-7-8-9-10-11-12-13-18-36-74-61(70)65(41-44-21-25-48(63)26-22-44)58-40-55(64-76-43-45-23-27-49(28-24-45)66(71)72)53-38-46(19-14-16-33-67)52(20-15-17-34-68)59-54-39-51(77-50-29-31-56(73-3)47(37-50)42-69)30-32-57(54)78-62(58,60(53)59)75-35-5-2/h5,21-32,37-39,42,46,52,58-60,67-68H,2,4,6-20,33-36,40-41,43H2,1,3H3. The third-order valence-corrected chi connectivity index (χ3v) is 15.4. The van der Waals surface area contributed by atoms with Crippen LogP contribution in [0.5, 0.6) is 23.0 Å². The van der Waals surface area contributed by atoms with E-state index in [2.05, 4.69) is 19.6 Å². The highest BCUT2D eigenvalue weighted by Crippen LogP contribution is 2.62. The molecular weight excluding hydrogens is 998 g/mol. The molecule has 0 aromatic heterocycles. The number of allylic oxidation sites excluding steroid dienone is 1. The van der Waals surface area contributed by atoms with Gasteiger partial charge in [-0.2, -0.15) is 0 Å². The van der Waals surface area contributed by atoms with Crippen molar-refractivity contribution in [2.24, 2.45) is 22.9 Å². The highest BCUT2D eigenvalue weighted by atomic mass is 19.1. The van der Waals surface area contributed by atoms with Crippen molar-refractivity contribution in [2.75, 3.05) is 33.5 Å². The van der Waals surface area contributed by atoms with E-state index in [-0.39, 0.29) is 63.5 Å². The van der Waals surface area contributed by atoms with Crippen molar-refractivity contribution >= 4 is 23.8 Å². The van der Waals surface area contributed by atoms with Crippen molar-refractivity contribution in [1.29, 1.82) is 0 Å². The van der Waals surface area contributed by atoms with Gasteiger partial charge in [0.25, 0.3) is 5.69 Å². The normalized spacial score (nSPS) is 20.6. The van der Waals surface area contributed by atoms with E-state index in [0.29, 0.717) is 90.2 Å². The molecule has 1 amide bonds. The maximum absolute atomic E-state index is 15.2. The van der Waals surface area contributed by atoms with E-state index in [1.165, 1.54) is 69.9 Å². The van der Waals surface area contributed by atoms with Gasteiger partial charge in [-0.25, -0.2) is 9.18 Å². The molecular formula is C62H78FN3O12. The molecule has 15 nitrogen and oxygen atoms in total. The Hall–Kier alpha value is -6.62. The van der Waals surface area contributed by atoms with Gasteiger partial charge in [-0.05, 0) is 121 Å². The number of aliphatic hydroxyl groups is 2. The number of hydrogen-bond donors (Lipinski definition) is 2. The van der Waals surface area contributed by atoms with E-state index >= 15 is 4.79 Å². The fourth-order valence-electron chi connectivity index (χ4n) is 11.5. The third kappa shape index (κ3) is 15.1. The predicted octanol–water partition coefficient (Wildman–Crippen LogP) is 13.7. The van der Waals surface area contributed by atoms with Crippen LogP contribution in [0.1, 0.15) is 149 Å². The number of amides is 1. The van der Waals surface area contributed by atoms with E-state index in [1.54, 1.807) is 59.5 Å². The maximum atomic E-state index is 15.2. The molecule has 16 heteroatoms. The van der Waals surface area contributed by atoms with Crippen molar-refractivity contribution in [1.82, 2.24) is 4.90 Å². The number of ether oxygens (including phenoxy) is 5. The van der Waals surface area contributed by atoms with Crippen LogP contribution in [0.2, 0.25) is 0 Å². The van der Waals surface area contributed by atoms with Crippen LogP contribution in [0.15, 0.2) is 114 Å². The van der Waals surface area contributed by atoms with Gasteiger partial charge in [0.05, 0.1) is 42.4 Å². The molecule has 6 atom stereocenters. The van der Waals surface area contributed by atoms with Crippen molar-refractivity contribution in [3.8, 4) is 23.0 Å². The van der Waals surface area contributed by atoms with Crippen LogP contribution < -0.4 is 14.2 Å². The second-order valence-electron chi connectivity index (χ2n) is 20.6. The van der Waals surface area contributed by atoms with E-state index < -0.39 is 40.5 Å². The van der Waals surface area contributed by atoms with Crippen molar-refractivity contribution in [3.63, 3.8) is 0 Å². The number of aldehydes is 1. The SMILES string of the molecule is C=CCOC12Oc3ccc(Oc4ccc(OC)c(C=O)c4)cc3C3C(CCCCO)C(CCCCO)C=C(C(=NOCc4ccc([N+](=O)[O-])cc4)CC1N(Cc1ccc(F)cc1)C(=O)OCCCCCCCCCCCC)C32. The smallest absolute Gasteiger partial charge is 0.410 e. The number of hydrogen-bond acceptors (Lipinski definition) is 13. The minimum Gasteiger partial charge on any atom is -0.496 e. The summed E-state index contributed by atoms with van der Waals surface area (Å²) in [4.78, 5) is 46.1. The van der Waals surface area contributed by atoms with Crippen molar-refractivity contribution in [3.05, 3.63) is 147 Å². The third-order valence-electron chi connectivity index (χ3n) is 15.4. The summed E-state index contributed by atoms with van der Waals surface area (Å²) < 4.78 is 47.4. The Labute approximate surface area is 458 Å². The summed E-state index contributed by atoms with van der Waals surface area (Å²) in [5, 5.41) is 36.6. The number of methoxy groups -OCH3 is 1. The lowest BCUT2D eigenvalue weighted by Gasteiger charge is -2.59. The lowest BCUT2D eigenvalue weighted by atomic mass is 9.55. The first-order valence-electron chi connectivity index (χ1n) is 28.0. The number of oxime groups is 1. The Balaban J connectivity index is 1.36. The lowest BCUT2D eigenvalue weighted by molar-refractivity contribution is -0.384. The summed E-state index contributed by atoms with van der Waals surface area (Å²) >= 11 is 0. The Morgan fingerprint density at radius 3 is 2.21 bits per heavy atom.